The van der Waals surface area contributed by atoms with Gasteiger partial charge in [-0.05, 0) is 30.4 Å². The van der Waals surface area contributed by atoms with Gasteiger partial charge in [0.1, 0.15) is 12.6 Å². The molecule has 2 unspecified atom stereocenters. The lowest BCUT2D eigenvalue weighted by Crippen LogP contribution is -2.56. The van der Waals surface area contributed by atoms with E-state index in [4.69, 9.17) is 0 Å². The molecule has 1 heterocycles. The summed E-state index contributed by atoms with van der Waals surface area (Å²) in [5, 5.41) is 2.79. The monoisotopic (exact) mass is 461 g/mol. The van der Waals surface area contributed by atoms with Gasteiger partial charge in [-0.15, -0.1) is 0 Å². The van der Waals surface area contributed by atoms with Crippen molar-refractivity contribution in [1.82, 2.24) is 15.1 Å². The minimum Gasteiger partial charge on any atom is -0.344 e. The Morgan fingerprint density at radius 3 is 2.06 bits per heavy atom. The first kappa shape index (κ1) is 24.9. The van der Waals surface area contributed by atoms with E-state index >= 15 is 0 Å². The van der Waals surface area contributed by atoms with Crippen molar-refractivity contribution in [3.05, 3.63) is 78.0 Å². The summed E-state index contributed by atoms with van der Waals surface area (Å²) < 4.78 is 0. The predicted octanol–water partition coefficient (Wildman–Crippen LogP) is 3.02. The van der Waals surface area contributed by atoms with Crippen LogP contribution < -0.4 is 5.32 Å². The first-order valence-electron chi connectivity index (χ1n) is 11.4. The molecule has 1 aliphatic heterocycles. The maximum absolute atomic E-state index is 13.6. The third-order valence-electron chi connectivity index (χ3n) is 5.85. The molecule has 7 nitrogen and oxygen atoms in total. The number of Topliss-reactive ketones (excluding diaryl/α,β-unsaturated/α-hetero) is 1. The van der Waals surface area contributed by atoms with E-state index in [1.54, 1.807) is 6.20 Å². The molecule has 2 atom stereocenters. The summed E-state index contributed by atoms with van der Waals surface area (Å²) in [7, 11) is 0. The normalized spacial score (nSPS) is 16.8. The van der Waals surface area contributed by atoms with E-state index in [1.807, 2.05) is 74.5 Å². The Balaban J connectivity index is 1.89. The highest BCUT2D eigenvalue weighted by Gasteiger charge is 2.40. The molecule has 0 aliphatic carbocycles. The average Bonchev–Trinajstić information content (AvgIpc) is 2.80. The van der Waals surface area contributed by atoms with Gasteiger partial charge in [-0.2, -0.15) is 0 Å². The van der Waals surface area contributed by atoms with Crippen molar-refractivity contribution in [3.63, 3.8) is 0 Å². The Hall–Kier alpha value is -3.74. The average molecular weight is 462 g/mol. The predicted molar refractivity (Wildman–Crippen MR) is 130 cm³/mol. The Kier molecular flexibility index (Phi) is 7.99. The highest BCUT2D eigenvalue weighted by Crippen LogP contribution is 2.29. The van der Waals surface area contributed by atoms with Gasteiger partial charge in [0.15, 0.2) is 5.78 Å². The first-order valence-corrected chi connectivity index (χ1v) is 11.4. The van der Waals surface area contributed by atoms with Gasteiger partial charge in [-0.1, -0.05) is 74.5 Å². The lowest BCUT2D eigenvalue weighted by molar-refractivity contribution is -0.145. The summed E-state index contributed by atoms with van der Waals surface area (Å²) in [4.78, 5) is 54.1. The van der Waals surface area contributed by atoms with Gasteiger partial charge < -0.3 is 10.2 Å². The summed E-state index contributed by atoms with van der Waals surface area (Å²) in [6, 6.07) is 17.2. The highest BCUT2D eigenvalue weighted by molar-refractivity contribution is 6.00. The number of carbonyl (C=O) groups excluding carboxylic acids is 4. The molecule has 2 aromatic rings. The van der Waals surface area contributed by atoms with Crippen LogP contribution in [0.2, 0.25) is 0 Å². The maximum Gasteiger partial charge on any atom is 0.250 e. The van der Waals surface area contributed by atoms with E-state index < -0.39 is 18.0 Å². The number of rotatable bonds is 8. The van der Waals surface area contributed by atoms with Crippen molar-refractivity contribution in [3.8, 4) is 0 Å². The van der Waals surface area contributed by atoms with Crippen molar-refractivity contribution < 1.29 is 19.2 Å². The number of nitrogens with zero attached hydrogens (tertiary/aromatic N) is 2. The van der Waals surface area contributed by atoms with Crippen molar-refractivity contribution >= 4 is 29.2 Å². The second-order valence-electron chi connectivity index (χ2n) is 8.84. The van der Waals surface area contributed by atoms with Crippen molar-refractivity contribution in [2.45, 2.75) is 46.2 Å². The standard InChI is InChI=1S/C27H31N3O4/c1-18(2)26-27(34)30(24(16-29(26)20(4)32)22-13-9-6-10-14-22)17-25(33)28-23(19(3)31)15-21-11-7-5-8-12-21/h5-14,16,18,23,26H,15,17H2,1-4H3,(H,28,33). The van der Waals surface area contributed by atoms with Crippen LogP contribution in [0.15, 0.2) is 66.9 Å². The molecular weight excluding hydrogens is 430 g/mol. The third kappa shape index (κ3) is 5.78. The molecule has 178 valence electrons. The van der Waals surface area contributed by atoms with Crippen molar-refractivity contribution in [2.75, 3.05) is 6.54 Å². The Labute approximate surface area is 200 Å². The van der Waals surface area contributed by atoms with E-state index in [-0.39, 0.29) is 30.1 Å². The van der Waals surface area contributed by atoms with E-state index in [9.17, 15) is 19.2 Å². The largest absolute Gasteiger partial charge is 0.344 e. The molecule has 0 spiro atoms. The Morgan fingerprint density at radius 1 is 0.941 bits per heavy atom. The fourth-order valence-electron chi connectivity index (χ4n) is 4.10. The van der Waals surface area contributed by atoms with Crippen LogP contribution in [0.25, 0.3) is 5.70 Å². The van der Waals surface area contributed by atoms with Gasteiger partial charge in [0.2, 0.25) is 11.8 Å². The molecule has 1 aliphatic rings. The van der Waals surface area contributed by atoms with Crippen molar-refractivity contribution in [2.24, 2.45) is 5.92 Å². The maximum atomic E-state index is 13.6. The molecule has 0 radical (unpaired) electrons. The molecule has 1 N–H and O–H groups in total. The van der Waals surface area contributed by atoms with Crippen LogP contribution in [0.4, 0.5) is 0 Å². The zero-order valence-electron chi connectivity index (χ0n) is 20.0. The number of hydrogen-bond donors (Lipinski definition) is 1. The molecule has 0 saturated heterocycles. The highest BCUT2D eigenvalue weighted by atomic mass is 16.2. The minimum absolute atomic E-state index is 0.154. The number of nitrogens with one attached hydrogen (secondary N) is 1. The Morgan fingerprint density at radius 2 is 1.53 bits per heavy atom. The summed E-state index contributed by atoms with van der Waals surface area (Å²) in [6.07, 6.45) is 2.01. The first-order chi connectivity index (χ1) is 16.2. The summed E-state index contributed by atoms with van der Waals surface area (Å²) in [5.74, 6) is -1.33. The smallest absolute Gasteiger partial charge is 0.250 e. The summed E-state index contributed by atoms with van der Waals surface area (Å²) in [5.41, 5.74) is 2.11. The SMILES string of the molecule is CC(=O)C(Cc1ccccc1)NC(=O)CN1C(=O)C(C(C)C)N(C(C)=O)C=C1c1ccccc1. The van der Waals surface area contributed by atoms with Crippen LogP contribution in [0.1, 0.15) is 38.8 Å². The van der Waals surface area contributed by atoms with Crippen LogP contribution in [0, 0.1) is 5.92 Å². The van der Waals surface area contributed by atoms with Gasteiger partial charge >= 0.3 is 0 Å². The molecular formula is C27H31N3O4. The second kappa shape index (κ2) is 10.9. The number of ketones is 1. The van der Waals surface area contributed by atoms with Crippen LogP contribution in [-0.2, 0) is 25.6 Å². The molecule has 0 bridgehead atoms. The molecule has 3 rings (SSSR count). The van der Waals surface area contributed by atoms with Crippen LogP contribution >= 0.6 is 0 Å². The zero-order valence-corrected chi connectivity index (χ0v) is 20.0. The van der Waals surface area contributed by atoms with Gasteiger partial charge in [0.05, 0.1) is 11.7 Å². The Bertz CT molecular complexity index is 1080. The molecule has 0 aromatic heterocycles. The van der Waals surface area contributed by atoms with Crippen LogP contribution in [0.3, 0.4) is 0 Å². The second-order valence-corrected chi connectivity index (χ2v) is 8.84. The fraction of sp³-hybridized carbons (Fsp3) is 0.333. The van der Waals surface area contributed by atoms with E-state index in [1.165, 1.54) is 23.6 Å². The van der Waals surface area contributed by atoms with E-state index in [0.29, 0.717) is 17.7 Å². The summed E-state index contributed by atoms with van der Waals surface area (Å²) in [6.45, 7) is 6.33. The molecule has 34 heavy (non-hydrogen) atoms. The van der Waals surface area contributed by atoms with Gasteiger partial charge in [-0.25, -0.2) is 0 Å². The summed E-state index contributed by atoms with van der Waals surface area (Å²) >= 11 is 0. The minimum atomic E-state index is -0.717. The lowest BCUT2D eigenvalue weighted by atomic mass is 9.97. The molecule has 0 saturated carbocycles. The van der Waals surface area contributed by atoms with E-state index in [2.05, 4.69) is 5.32 Å². The number of benzene rings is 2. The molecule has 0 fully saturated rings. The number of carbonyl (C=O) groups is 4. The van der Waals surface area contributed by atoms with Gasteiger partial charge in [0, 0.05) is 13.1 Å². The fourth-order valence-corrected chi connectivity index (χ4v) is 4.10. The molecule has 7 heteroatoms. The zero-order chi connectivity index (χ0) is 24.8. The number of amides is 3. The van der Waals surface area contributed by atoms with Crippen LogP contribution in [0.5, 0.6) is 0 Å². The van der Waals surface area contributed by atoms with Gasteiger partial charge in [-0.3, -0.25) is 24.1 Å². The van der Waals surface area contributed by atoms with Crippen LogP contribution in [-0.4, -0.2) is 51.9 Å². The van der Waals surface area contributed by atoms with Gasteiger partial charge in [0.25, 0.3) is 5.91 Å². The topological polar surface area (TPSA) is 86.8 Å². The molecule has 3 amide bonds. The van der Waals surface area contributed by atoms with E-state index in [0.717, 1.165) is 5.56 Å². The molecule has 2 aromatic carbocycles. The lowest BCUT2D eigenvalue weighted by Gasteiger charge is -2.40. The quantitative estimate of drug-likeness (QED) is 0.655. The number of hydrogen-bond acceptors (Lipinski definition) is 4. The third-order valence-corrected chi connectivity index (χ3v) is 5.85. The van der Waals surface area contributed by atoms with Crippen molar-refractivity contribution in [1.29, 1.82) is 0 Å².